The van der Waals surface area contributed by atoms with Crippen molar-refractivity contribution in [2.45, 2.75) is 32.7 Å². The summed E-state index contributed by atoms with van der Waals surface area (Å²) in [6.45, 7) is 7.33. The van der Waals surface area contributed by atoms with Gasteiger partial charge in [-0.05, 0) is 26.5 Å². The molecule has 2 rings (SSSR count). The molecule has 0 saturated carbocycles. The maximum Gasteiger partial charge on any atom is 0.105 e. The second-order valence-corrected chi connectivity index (χ2v) is 4.75. The van der Waals surface area contributed by atoms with Crippen molar-refractivity contribution in [3.05, 3.63) is 17.5 Å². The van der Waals surface area contributed by atoms with Crippen molar-refractivity contribution in [2.75, 3.05) is 26.3 Å². The van der Waals surface area contributed by atoms with Crippen molar-refractivity contribution in [3.8, 4) is 0 Å². The molecule has 2 aliphatic rings. The van der Waals surface area contributed by atoms with E-state index in [0.29, 0.717) is 0 Å². The van der Waals surface area contributed by atoms with Gasteiger partial charge in [-0.2, -0.15) is 0 Å². The lowest BCUT2D eigenvalue weighted by Crippen LogP contribution is -2.55. The monoisotopic (exact) mass is 225 g/mol. The Morgan fingerprint density at radius 1 is 1.44 bits per heavy atom. The highest BCUT2D eigenvalue weighted by Gasteiger charge is 2.34. The van der Waals surface area contributed by atoms with E-state index in [1.165, 1.54) is 0 Å². The third-order valence-electron chi connectivity index (χ3n) is 3.19. The number of hydrogen-bond acceptors (Lipinski definition) is 3. The second-order valence-electron chi connectivity index (χ2n) is 4.75. The van der Waals surface area contributed by atoms with Gasteiger partial charge in [0.1, 0.15) is 6.23 Å². The first-order valence-corrected chi connectivity index (χ1v) is 5.98. The van der Waals surface area contributed by atoms with Gasteiger partial charge in [0.15, 0.2) is 0 Å². The van der Waals surface area contributed by atoms with Crippen LogP contribution in [0, 0.1) is 5.41 Å². The Hall–Kier alpha value is -0.420. The highest BCUT2D eigenvalue weighted by atomic mass is 16.5. The summed E-state index contributed by atoms with van der Waals surface area (Å²) < 4.78 is 11.4. The lowest BCUT2D eigenvalue weighted by Gasteiger charge is -2.51. The minimum atomic E-state index is 0.0428. The van der Waals surface area contributed by atoms with Gasteiger partial charge in [0, 0.05) is 12.0 Å². The summed E-state index contributed by atoms with van der Waals surface area (Å²) in [4.78, 5) is 0. The van der Waals surface area contributed by atoms with Gasteiger partial charge in [0.05, 0.1) is 13.2 Å². The van der Waals surface area contributed by atoms with Crippen LogP contribution in [0.15, 0.2) is 12.2 Å². The summed E-state index contributed by atoms with van der Waals surface area (Å²) in [7, 11) is 0. The van der Waals surface area contributed by atoms with E-state index in [2.05, 4.69) is 16.7 Å². The van der Waals surface area contributed by atoms with Crippen LogP contribution in [0.2, 0.25) is 0 Å². The standard InChI is InChI=1S/C12H21N2O2/c1-3-4-5-11-14-7-12(9-16-11)6-13-10(2)15-8-12/h3-4,10-11,13H,5-9H2,1-2H3/q-1/b4-3+. The van der Waals surface area contributed by atoms with E-state index in [4.69, 9.17) is 9.47 Å². The largest absolute Gasteiger partial charge is 0.636 e. The zero-order valence-corrected chi connectivity index (χ0v) is 10.1. The molecule has 3 unspecified atom stereocenters. The SMILES string of the molecule is C/C=C/CC1[N-]CC2(CNC(C)OC2)CO1. The molecule has 16 heavy (non-hydrogen) atoms. The van der Waals surface area contributed by atoms with Gasteiger partial charge in [-0.3, -0.25) is 5.32 Å². The van der Waals surface area contributed by atoms with Crippen LogP contribution >= 0.6 is 0 Å². The predicted molar refractivity (Wildman–Crippen MR) is 63.2 cm³/mol. The van der Waals surface area contributed by atoms with Crippen molar-refractivity contribution < 1.29 is 9.47 Å². The fraction of sp³-hybridized carbons (Fsp3) is 0.833. The molecule has 0 aromatic heterocycles. The summed E-state index contributed by atoms with van der Waals surface area (Å²) in [5, 5.41) is 7.90. The van der Waals surface area contributed by atoms with Crippen molar-refractivity contribution in [3.63, 3.8) is 0 Å². The maximum absolute atomic E-state index is 5.77. The lowest BCUT2D eigenvalue weighted by molar-refractivity contribution is -0.111. The van der Waals surface area contributed by atoms with Crippen LogP contribution in [-0.2, 0) is 9.47 Å². The molecule has 92 valence electrons. The van der Waals surface area contributed by atoms with Crippen LogP contribution in [-0.4, -0.2) is 38.8 Å². The third-order valence-corrected chi connectivity index (χ3v) is 3.19. The molecule has 4 nitrogen and oxygen atoms in total. The molecular weight excluding hydrogens is 204 g/mol. The lowest BCUT2D eigenvalue weighted by atomic mass is 9.87. The Morgan fingerprint density at radius 3 is 2.81 bits per heavy atom. The van der Waals surface area contributed by atoms with Crippen LogP contribution in [0.1, 0.15) is 20.3 Å². The fourth-order valence-electron chi connectivity index (χ4n) is 2.03. The van der Waals surface area contributed by atoms with E-state index in [9.17, 15) is 0 Å². The molecule has 0 amide bonds. The number of nitrogens with one attached hydrogen (secondary N) is 1. The van der Waals surface area contributed by atoms with Gasteiger partial charge in [-0.25, -0.2) is 0 Å². The van der Waals surface area contributed by atoms with Crippen molar-refractivity contribution in [2.24, 2.45) is 5.41 Å². The molecule has 1 N–H and O–H groups in total. The fourth-order valence-corrected chi connectivity index (χ4v) is 2.03. The van der Waals surface area contributed by atoms with Gasteiger partial charge >= 0.3 is 0 Å². The Labute approximate surface area is 97.4 Å². The maximum atomic E-state index is 5.77. The molecule has 2 saturated heterocycles. The Bertz CT molecular complexity index is 237. The summed E-state index contributed by atoms with van der Waals surface area (Å²) in [5.41, 5.74) is 0.0684. The first-order chi connectivity index (χ1) is 7.74. The third kappa shape index (κ3) is 2.83. The van der Waals surface area contributed by atoms with Crippen molar-refractivity contribution >= 4 is 0 Å². The minimum absolute atomic E-state index is 0.0428. The molecule has 4 heteroatoms. The second kappa shape index (κ2) is 5.27. The average Bonchev–Trinajstić information content (AvgIpc) is 2.33. The number of allylic oxidation sites excluding steroid dienone is 1. The van der Waals surface area contributed by atoms with Crippen molar-refractivity contribution in [1.29, 1.82) is 0 Å². The Morgan fingerprint density at radius 2 is 2.25 bits per heavy atom. The van der Waals surface area contributed by atoms with Crippen LogP contribution in [0.4, 0.5) is 0 Å². The van der Waals surface area contributed by atoms with Crippen LogP contribution < -0.4 is 5.32 Å². The van der Waals surface area contributed by atoms with E-state index in [1.54, 1.807) is 0 Å². The number of rotatable bonds is 2. The number of hydrogen-bond donors (Lipinski definition) is 1. The van der Waals surface area contributed by atoms with Gasteiger partial charge in [-0.15, -0.1) is 6.54 Å². The zero-order valence-electron chi connectivity index (χ0n) is 10.1. The zero-order chi connectivity index (χ0) is 11.4. The quantitative estimate of drug-likeness (QED) is 0.727. The number of nitrogens with zero attached hydrogens (tertiary/aromatic N) is 1. The summed E-state index contributed by atoms with van der Waals surface area (Å²) in [6, 6.07) is 0. The normalized spacial score (nSPS) is 40.6. The van der Waals surface area contributed by atoms with E-state index in [1.807, 2.05) is 19.9 Å². The van der Waals surface area contributed by atoms with E-state index >= 15 is 0 Å². The first kappa shape index (κ1) is 12.0. The van der Waals surface area contributed by atoms with Gasteiger partial charge in [-0.1, -0.05) is 12.2 Å². The summed E-state index contributed by atoms with van der Waals surface area (Å²) in [5.74, 6) is 0. The molecule has 1 spiro atoms. The van der Waals surface area contributed by atoms with Crippen LogP contribution in [0.5, 0.6) is 0 Å². The molecule has 0 aromatic carbocycles. The predicted octanol–water partition coefficient (Wildman–Crippen LogP) is 1.63. The first-order valence-electron chi connectivity index (χ1n) is 5.98. The molecule has 0 radical (unpaired) electrons. The van der Waals surface area contributed by atoms with Crippen LogP contribution in [0.25, 0.3) is 5.32 Å². The van der Waals surface area contributed by atoms with Crippen molar-refractivity contribution in [1.82, 2.24) is 5.32 Å². The topological polar surface area (TPSA) is 44.6 Å². The van der Waals surface area contributed by atoms with Gasteiger partial charge in [0.2, 0.25) is 0 Å². The minimum Gasteiger partial charge on any atom is -0.636 e. The Kier molecular flexibility index (Phi) is 3.97. The smallest absolute Gasteiger partial charge is 0.105 e. The molecule has 2 fully saturated rings. The molecule has 2 aliphatic heterocycles. The molecule has 0 bridgehead atoms. The Balaban J connectivity index is 1.80. The van der Waals surface area contributed by atoms with Gasteiger partial charge in [0.25, 0.3) is 0 Å². The molecular formula is C12H21N2O2-. The highest BCUT2D eigenvalue weighted by Crippen LogP contribution is 2.31. The number of ether oxygens (including phenoxy) is 2. The highest BCUT2D eigenvalue weighted by molar-refractivity contribution is 5.04. The molecule has 0 aliphatic carbocycles. The van der Waals surface area contributed by atoms with E-state index in [0.717, 1.165) is 32.7 Å². The van der Waals surface area contributed by atoms with Crippen LogP contribution in [0.3, 0.4) is 0 Å². The molecule has 3 atom stereocenters. The van der Waals surface area contributed by atoms with E-state index in [-0.39, 0.29) is 17.9 Å². The van der Waals surface area contributed by atoms with E-state index < -0.39 is 0 Å². The summed E-state index contributed by atoms with van der Waals surface area (Å²) in [6.07, 6.45) is 5.23. The average molecular weight is 225 g/mol. The van der Waals surface area contributed by atoms with Gasteiger partial charge < -0.3 is 14.8 Å². The molecule has 0 aromatic rings. The summed E-state index contributed by atoms with van der Waals surface area (Å²) >= 11 is 0. The molecule has 2 heterocycles.